The van der Waals surface area contributed by atoms with Crippen molar-refractivity contribution in [3.05, 3.63) is 10.4 Å². The number of carbonyl (C=O) groups is 2. The highest BCUT2D eigenvalue weighted by atomic mass is 32.1. The minimum absolute atomic E-state index is 0.147. The van der Waals surface area contributed by atoms with E-state index < -0.39 is 5.91 Å². The fourth-order valence-electron chi connectivity index (χ4n) is 1.53. The number of thiophene rings is 1. The van der Waals surface area contributed by atoms with E-state index in [9.17, 15) is 9.59 Å². The van der Waals surface area contributed by atoms with Crippen LogP contribution >= 0.6 is 11.3 Å². The summed E-state index contributed by atoms with van der Waals surface area (Å²) in [6.45, 7) is 6.31. The third kappa shape index (κ3) is 3.37. The summed E-state index contributed by atoms with van der Waals surface area (Å²) in [4.78, 5) is 23.7. The SMILES string of the molecule is CCNC(=O)c1sc(NC(C)CC)c(C(N)=O)c1N. The Morgan fingerprint density at radius 3 is 2.47 bits per heavy atom. The van der Waals surface area contributed by atoms with Gasteiger partial charge in [-0.1, -0.05) is 6.92 Å². The second-order valence-electron chi connectivity index (χ2n) is 4.23. The molecule has 1 atom stereocenters. The number of hydrogen-bond donors (Lipinski definition) is 4. The van der Waals surface area contributed by atoms with Crippen LogP contribution in [0.2, 0.25) is 0 Å². The molecule has 0 fully saturated rings. The van der Waals surface area contributed by atoms with E-state index >= 15 is 0 Å². The molecule has 0 bridgehead atoms. The molecule has 1 rings (SSSR count). The molecular weight excluding hydrogens is 264 g/mol. The average molecular weight is 284 g/mol. The molecule has 0 aromatic carbocycles. The smallest absolute Gasteiger partial charge is 0.263 e. The standard InChI is InChI=1S/C12H20N4O2S/c1-4-6(3)16-12-7(10(14)17)8(13)9(19-12)11(18)15-5-2/h6,16H,4-5,13H2,1-3H3,(H2,14,17)(H,15,18). The van der Waals surface area contributed by atoms with Crippen LogP contribution in [0.4, 0.5) is 10.7 Å². The van der Waals surface area contributed by atoms with Gasteiger partial charge in [-0.05, 0) is 20.3 Å². The summed E-state index contributed by atoms with van der Waals surface area (Å²) >= 11 is 1.16. The van der Waals surface area contributed by atoms with Gasteiger partial charge >= 0.3 is 0 Å². The minimum atomic E-state index is -0.630. The van der Waals surface area contributed by atoms with Crippen molar-refractivity contribution < 1.29 is 9.59 Å². The van der Waals surface area contributed by atoms with Crippen LogP contribution in [0.5, 0.6) is 0 Å². The molecule has 19 heavy (non-hydrogen) atoms. The highest BCUT2D eigenvalue weighted by Crippen LogP contribution is 2.36. The van der Waals surface area contributed by atoms with Crippen molar-refractivity contribution in [3.8, 4) is 0 Å². The van der Waals surface area contributed by atoms with E-state index in [1.165, 1.54) is 0 Å². The minimum Gasteiger partial charge on any atom is -0.397 e. The number of nitrogens with two attached hydrogens (primary N) is 2. The molecule has 0 aliphatic carbocycles. The van der Waals surface area contributed by atoms with Gasteiger partial charge in [-0.3, -0.25) is 9.59 Å². The van der Waals surface area contributed by atoms with Gasteiger partial charge in [0, 0.05) is 12.6 Å². The fourth-order valence-corrected chi connectivity index (χ4v) is 2.68. The number of nitrogen functional groups attached to an aromatic ring is 1. The Morgan fingerprint density at radius 2 is 2.00 bits per heavy atom. The highest BCUT2D eigenvalue weighted by molar-refractivity contribution is 7.19. The van der Waals surface area contributed by atoms with Crippen LogP contribution in [0.15, 0.2) is 0 Å². The zero-order chi connectivity index (χ0) is 14.6. The summed E-state index contributed by atoms with van der Waals surface area (Å²) in [5, 5.41) is 6.37. The molecule has 0 aliphatic heterocycles. The first kappa shape index (κ1) is 15.3. The maximum absolute atomic E-state index is 11.8. The zero-order valence-corrected chi connectivity index (χ0v) is 12.2. The van der Waals surface area contributed by atoms with E-state index in [1.54, 1.807) is 0 Å². The second-order valence-corrected chi connectivity index (χ2v) is 5.25. The molecule has 0 spiro atoms. The predicted octanol–water partition coefficient (Wildman–Crippen LogP) is 1.39. The Labute approximate surface area is 116 Å². The van der Waals surface area contributed by atoms with Crippen molar-refractivity contribution in [2.75, 3.05) is 17.6 Å². The van der Waals surface area contributed by atoms with Crippen molar-refractivity contribution in [2.24, 2.45) is 5.73 Å². The van der Waals surface area contributed by atoms with Crippen molar-refractivity contribution >= 4 is 33.8 Å². The molecule has 1 unspecified atom stereocenters. The number of rotatable bonds is 6. The van der Waals surface area contributed by atoms with Gasteiger partial charge in [0.25, 0.3) is 11.8 Å². The normalized spacial score (nSPS) is 11.9. The molecular formula is C12H20N4O2S. The molecule has 0 radical (unpaired) electrons. The quantitative estimate of drug-likeness (QED) is 0.632. The van der Waals surface area contributed by atoms with E-state index in [4.69, 9.17) is 11.5 Å². The molecule has 0 aliphatic rings. The molecule has 7 heteroatoms. The number of nitrogens with one attached hydrogen (secondary N) is 2. The largest absolute Gasteiger partial charge is 0.397 e. The van der Waals surface area contributed by atoms with E-state index in [1.807, 2.05) is 20.8 Å². The lowest BCUT2D eigenvalue weighted by Crippen LogP contribution is -2.23. The van der Waals surface area contributed by atoms with Crippen LogP contribution in [0.3, 0.4) is 0 Å². The van der Waals surface area contributed by atoms with Crippen molar-refractivity contribution in [1.29, 1.82) is 0 Å². The van der Waals surface area contributed by atoms with Gasteiger partial charge in [0.15, 0.2) is 0 Å². The van der Waals surface area contributed by atoms with Gasteiger partial charge in [-0.25, -0.2) is 0 Å². The molecule has 1 aromatic heterocycles. The molecule has 1 heterocycles. The summed E-state index contributed by atoms with van der Waals surface area (Å²) in [6, 6.07) is 0.165. The van der Waals surface area contributed by atoms with Crippen molar-refractivity contribution in [3.63, 3.8) is 0 Å². The van der Waals surface area contributed by atoms with E-state index in [0.29, 0.717) is 16.4 Å². The van der Waals surface area contributed by atoms with E-state index in [2.05, 4.69) is 10.6 Å². The van der Waals surface area contributed by atoms with Crippen LogP contribution < -0.4 is 22.1 Å². The molecule has 2 amide bonds. The van der Waals surface area contributed by atoms with Crippen LogP contribution in [-0.4, -0.2) is 24.4 Å². The fraction of sp³-hybridized carbons (Fsp3) is 0.500. The number of amides is 2. The summed E-state index contributed by atoms with van der Waals surface area (Å²) in [6.07, 6.45) is 0.881. The van der Waals surface area contributed by atoms with Gasteiger partial charge in [0.2, 0.25) is 0 Å². The number of anilines is 2. The van der Waals surface area contributed by atoms with Crippen molar-refractivity contribution in [2.45, 2.75) is 33.2 Å². The molecule has 6 N–H and O–H groups in total. The third-order valence-corrected chi connectivity index (χ3v) is 3.86. The Morgan fingerprint density at radius 1 is 1.37 bits per heavy atom. The lowest BCUT2D eigenvalue weighted by atomic mass is 10.2. The summed E-state index contributed by atoms with van der Waals surface area (Å²) in [7, 11) is 0. The number of carbonyl (C=O) groups excluding carboxylic acids is 2. The Kier molecular flexibility index (Phi) is 5.17. The van der Waals surface area contributed by atoms with Gasteiger partial charge in [-0.2, -0.15) is 0 Å². The van der Waals surface area contributed by atoms with Gasteiger partial charge in [0.05, 0.1) is 11.3 Å². The second kappa shape index (κ2) is 6.42. The first-order valence-electron chi connectivity index (χ1n) is 6.19. The predicted molar refractivity (Wildman–Crippen MR) is 78.6 cm³/mol. The van der Waals surface area contributed by atoms with Gasteiger partial charge < -0.3 is 22.1 Å². The molecule has 0 saturated carbocycles. The van der Waals surface area contributed by atoms with Gasteiger partial charge in [-0.15, -0.1) is 11.3 Å². The molecule has 106 valence electrons. The number of hydrogen-bond acceptors (Lipinski definition) is 5. The zero-order valence-electron chi connectivity index (χ0n) is 11.4. The van der Waals surface area contributed by atoms with Gasteiger partial charge in [0.1, 0.15) is 9.88 Å². The molecule has 6 nitrogen and oxygen atoms in total. The molecule has 1 aromatic rings. The summed E-state index contributed by atoms with van der Waals surface area (Å²) in [5.74, 6) is -0.917. The monoisotopic (exact) mass is 284 g/mol. The topological polar surface area (TPSA) is 110 Å². The van der Waals surface area contributed by atoms with Crippen LogP contribution in [0.1, 0.15) is 47.2 Å². The third-order valence-electron chi connectivity index (χ3n) is 2.72. The number of primary amides is 1. The van der Waals surface area contributed by atoms with E-state index in [0.717, 1.165) is 17.8 Å². The van der Waals surface area contributed by atoms with Crippen LogP contribution in [0.25, 0.3) is 0 Å². The Hall–Kier alpha value is -1.76. The Balaban J connectivity index is 3.19. The summed E-state index contributed by atoms with van der Waals surface area (Å²) < 4.78 is 0. The van der Waals surface area contributed by atoms with Crippen LogP contribution in [0, 0.1) is 0 Å². The maximum atomic E-state index is 11.8. The lowest BCUT2D eigenvalue weighted by Gasteiger charge is -2.11. The molecule has 0 saturated heterocycles. The average Bonchev–Trinajstić information content (AvgIpc) is 2.66. The first-order chi connectivity index (χ1) is 8.92. The lowest BCUT2D eigenvalue weighted by molar-refractivity contribution is 0.0960. The van der Waals surface area contributed by atoms with Crippen molar-refractivity contribution in [1.82, 2.24) is 5.32 Å². The first-order valence-corrected chi connectivity index (χ1v) is 7.00. The maximum Gasteiger partial charge on any atom is 0.263 e. The summed E-state index contributed by atoms with van der Waals surface area (Å²) in [5.41, 5.74) is 11.5. The van der Waals surface area contributed by atoms with E-state index in [-0.39, 0.29) is 23.2 Å². The Bertz CT molecular complexity index is 484. The highest BCUT2D eigenvalue weighted by Gasteiger charge is 2.24. The van der Waals surface area contributed by atoms with Crippen LogP contribution in [-0.2, 0) is 0 Å².